The van der Waals surface area contributed by atoms with E-state index >= 15 is 0 Å². The van der Waals surface area contributed by atoms with Crippen LogP contribution < -0.4 is 4.90 Å². The fourth-order valence-electron chi connectivity index (χ4n) is 3.60. The van der Waals surface area contributed by atoms with Crippen molar-refractivity contribution >= 4 is 23.1 Å². The lowest BCUT2D eigenvalue weighted by Crippen LogP contribution is -2.22. The van der Waals surface area contributed by atoms with E-state index in [1.165, 1.54) is 12.7 Å². The van der Waals surface area contributed by atoms with E-state index in [2.05, 4.69) is 40.6 Å². The average Bonchev–Trinajstić information content (AvgIpc) is 2.94. The molecule has 1 heterocycles. The van der Waals surface area contributed by atoms with Gasteiger partial charge in [0, 0.05) is 29.4 Å². The number of anilines is 1. The average molecular weight is 385 g/mol. The zero-order valence-corrected chi connectivity index (χ0v) is 17.0. The Morgan fingerprint density at radius 1 is 1.14 bits per heavy atom. The van der Waals surface area contributed by atoms with Crippen molar-refractivity contribution in [2.24, 2.45) is 4.99 Å². The number of hydrogen-bond acceptors (Lipinski definition) is 5. The highest BCUT2D eigenvalue weighted by Crippen LogP contribution is 2.46. The molecule has 3 rings (SSSR count). The maximum atomic E-state index is 11.8. The summed E-state index contributed by atoms with van der Waals surface area (Å²) < 4.78 is 4.67. The molecule has 0 unspecified atom stereocenters. The largest absolute Gasteiger partial charge is 0.464 e. The van der Waals surface area contributed by atoms with Crippen LogP contribution in [0.2, 0.25) is 0 Å². The Labute approximate surface area is 171 Å². The third-order valence-corrected chi connectivity index (χ3v) is 5.13. The molecular formula is C24H23N3O2. The van der Waals surface area contributed by atoms with Gasteiger partial charge in [-0.2, -0.15) is 5.26 Å². The molecule has 0 N–H and O–H groups in total. The van der Waals surface area contributed by atoms with Crippen LogP contribution >= 0.6 is 0 Å². The van der Waals surface area contributed by atoms with Crippen LogP contribution in [-0.2, 0) is 14.9 Å². The monoisotopic (exact) mass is 385 g/mol. The summed E-state index contributed by atoms with van der Waals surface area (Å²) in [6, 6.07) is 19.6. The van der Waals surface area contributed by atoms with E-state index in [9.17, 15) is 10.1 Å². The second-order valence-electron chi connectivity index (χ2n) is 7.23. The molecule has 29 heavy (non-hydrogen) atoms. The molecule has 1 aliphatic rings. The third kappa shape index (κ3) is 3.83. The highest BCUT2D eigenvalue weighted by molar-refractivity contribution is 6.43. The lowest BCUT2D eigenvalue weighted by Gasteiger charge is -2.23. The fraction of sp³-hybridized carbons (Fsp3) is 0.208. The SMILES string of the molecule is COC(=O)C(C#N)=N/C(=C\C=C1\N(C)c2ccccc2C1(C)C)c1ccccc1. The van der Waals surface area contributed by atoms with Crippen LogP contribution in [0.1, 0.15) is 25.0 Å². The Balaban J connectivity index is 2.12. The number of nitrogens with zero attached hydrogens (tertiary/aromatic N) is 3. The molecule has 0 bridgehead atoms. The van der Waals surface area contributed by atoms with Crippen LogP contribution in [-0.4, -0.2) is 25.8 Å². The number of aliphatic imine (C=N–C) groups is 1. The number of carbonyl (C=O) groups is 1. The maximum Gasteiger partial charge on any atom is 0.367 e. The molecule has 0 saturated heterocycles. The van der Waals surface area contributed by atoms with Gasteiger partial charge in [0.15, 0.2) is 0 Å². The number of allylic oxidation sites excluding steroid dienone is 3. The minimum atomic E-state index is -0.757. The van der Waals surface area contributed by atoms with Crippen LogP contribution in [0.4, 0.5) is 5.69 Å². The van der Waals surface area contributed by atoms with Gasteiger partial charge in [0.2, 0.25) is 5.71 Å². The van der Waals surface area contributed by atoms with Gasteiger partial charge >= 0.3 is 5.97 Å². The summed E-state index contributed by atoms with van der Waals surface area (Å²) in [6.07, 6.45) is 3.84. The summed E-state index contributed by atoms with van der Waals surface area (Å²) in [4.78, 5) is 18.3. The van der Waals surface area contributed by atoms with Gasteiger partial charge in [-0.05, 0) is 23.8 Å². The second kappa shape index (κ2) is 8.15. The molecule has 146 valence electrons. The summed E-state index contributed by atoms with van der Waals surface area (Å²) in [6.45, 7) is 4.35. The molecule has 1 aliphatic heterocycles. The van der Waals surface area contributed by atoms with Crippen molar-refractivity contribution < 1.29 is 9.53 Å². The predicted octanol–water partition coefficient (Wildman–Crippen LogP) is 4.48. The summed E-state index contributed by atoms with van der Waals surface area (Å²) >= 11 is 0. The lowest BCUT2D eigenvalue weighted by atomic mass is 9.83. The van der Waals surface area contributed by atoms with Gasteiger partial charge < -0.3 is 9.64 Å². The first kappa shape index (κ1) is 20.1. The third-order valence-electron chi connectivity index (χ3n) is 5.13. The lowest BCUT2D eigenvalue weighted by molar-refractivity contribution is -0.132. The van der Waals surface area contributed by atoms with Gasteiger partial charge in [-0.3, -0.25) is 0 Å². The van der Waals surface area contributed by atoms with Gasteiger partial charge in [-0.15, -0.1) is 0 Å². The number of benzene rings is 2. The zero-order valence-electron chi connectivity index (χ0n) is 17.0. The van der Waals surface area contributed by atoms with Crippen LogP contribution in [0, 0.1) is 11.3 Å². The van der Waals surface area contributed by atoms with E-state index in [0.29, 0.717) is 5.70 Å². The Kier molecular flexibility index (Phi) is 5.65. The van der Waals surface area contributed by atoms with Crippen LogP contribution in [0.25, 0.3) is 5.70 Å². The number of ether oxygens (including phenoxy) is 1. The number of nitriles is 1. The molecule has 2 aromatic carbocycles. The Hall–Kier alpha value is -3.65. The van der Waals surface area contributed by atoms with E-state index in [-0.39, 0.29) is 11.1 Å². The van der Waals surface area contributed by atoms with Crippen molar-refractivity contribution in [3.05, 3.63) is 83.6 Å². The van der Waals surface area contributed by atoms with E-state index < -0.39 is 5.97 Å². The number of esters is 1. The zero-order chi connectivity index (χ0) is 21.0. The van der Waals surface area contributed by atoms with Crippen molar-refractivity contribution in [1.82, 2.24) is 0 Å². The van der Waals surface area contributed by atoms with Crippen molar-refractivity contribution in [1.29, 1.82) is 5.26 Å². The molecule has 0 spiro atoms. The summed E-state index contributed by atoms with van der Waals surface area (Å²) in [5.41, 5.74) is 4.35. The van der Waals surface area contributed by atoms with Gasteiger partial charge in [-0.1, -0.05) is 62.4 Å². The van der Waals surface area contributed by atoms with Crippen LogP contribution in [0.15, 0.2) is 77.4 Å². The van der Waals surface area contributed by atoms with E-state index in [1.54, 1.807) is 0 Å². The molecule has 0 aliphatic carbocycles. The standard InChI is InChI=1S/C24H23N3O2/c1-24(2)18-12-8-9-13-21(18)27(3)22(24)15-14-19(17-10-6-5-7-11-17)26-20(16-25)23(28)29-4/h5-15H,1-4H3/b19-14-,22-15+,26-20?. The summed E-state index contributed by atoms with van der Waals surface area (Å²) in [5, 5.41) is 9.31. The molecule has 0 atom stereocenters. The van der Waals surface area contributed by atoms with Crippen molar-refractivity contribution in [3.63, 3.8) is 0 Å². The molecule has 0 saturated carbocycles. The number of carbonyl (C=O) groups excluding carboxylic acids is 1. The highest BCUT2D eigenvalue weighted by Gasteiger charge is 2.37. The minimum Gasteiger partial charge on any atom is -0.464 e. The van der Waals surface area contributed by atoms with Gasteiger partial charge in [0.1, 0.15) is 6.07 Å². The number of para-hydroxylation sites is 1. The predicted molar refractivity (Wildman–Crippen MR) is 115 cm³/mol. The van der Waals surface area contributed by atoms with E-state index in [4.69, 9.17) is 0 Å². The molecule has 0 amide bonds. The number of fused-ring (bicyclic) bond motifs is 1. The maximum absolute atomic E-state index is 11.8. The molecule has 0 fully saturated rings. The molecule has 5 nitrogen and oxygen atoms in total. The number of hydrogen-bond donors (Lipinski definition) is 0. The smallest absolute Gasteiger partial charge is 0.367 e. The Morgan fingerprint density at radius 3 is 2.41 bits per heavy atom. The van der Waals surface area contributed by atoms with E-state index in [0.717, 1.165) is 16.9 Å². The molecule has 0 radical (unpaired) electrons. The number of rotatable bonds is 4. The van der Waals surface area contributed by atoms with Crippen LogP contribution in [0.5, 0.6) is 0 Å². The van der Waals surface area contributed by atoms with Gasteiger partial charge in [0.05, 0.1) is 12.8 Å². The first-order valence-electron chi connectivity index (χ1n) is 9.28. The number of methoxy groups -OCH3 is 1. The van der Waals surface area contributed by atoms with E-state index in [1.807, 2.05) is 67.7 Å². The topological polar surface area (TPSA) is 65.7 Å². The van der Waals surface area contributed by atoms with Crippen molar-refractivity contribution in [2.45, 2.75) is 19.3 Å². The molecule has 5 heteroatoms. The van der Waals surface area contributed by atoms with Crippen molar-refractivity contribution in [2.75, 3.05) is 19.1 Å². The second-order valence-corrected chi connectivity index (χ2v) is 7.23. The normalized spacial score (nSPS) is 17.1. The molecule has 0 aromatic heterocycles. The fourth-order valence-corrected chi connectivity index (χ4v) is 3.60. The highest BCUT2D eigenvalue weighted by atomic mass is 16.5. The minimum absolute atomic E-state index is 0.187. The Bertz CT molecular complexity index is 1060. The van der Waals surface area contributed by atoms with Gasteiger partial charge in [-0.25, -0.2) is 9.79 Å². The van der Waals surface area contributed by atoms with Crippen LogP contribution in [0.3, 0.4) is 0 Å². The number of likely N-dealkylation sites (N-methyl/N-ethyl adjacent to an activating group) is 1. The van der Waals surface area contributed by atoms with Crippen molar-refractivity contribution in [3.8, 4) is 6.07 Å². The first-order valence-corrected chi connectivity index (χ1v) is 9.28. The summed E-state index contributed by atoms with van der Waals surface area (Å²) in [7, 11) is 3.27. The van der Waals surface area contributed by atoms with Gasteiger partial charge in [0.25, 0.3) is 0 Å². The molecular weight excluding hydrogens is 362 g/mol. The Morgan fingerprint density at radius 2 is 1.79 bits per heavy atom. The first-order chi connectivity index (χ1) is 13.9. The quantitative estimate of drug-likeness (QED) is 0.575. The molecule has 2 aromatic rings. The summed E-state index contributed by atoms with van der Waals surface area (Å²) in [5.74, 6) is -0.757.